The standard InChI is InChI=1S/C27H33N7O3/c1-16-7-9-19(10-8-16)14-34-22-21(20-6-4-5-17(2)13-20)28-24(25-31-27(35)37-32-25)29-23(22)30-26(34)33-11-12-36-15-18(33)3/h4-6,13,16,18-19H,7-12,14-15H2,1-3H3,(H,31,32,35)/t16-,18-,19-/m0/s1. The minimum Gasteiger partial charge on any atom is -0.377 e. The number of nitrogens with zero attached hydrogens (tertiary/aromatic N) is 6. The molecule has 37 heavy (non-hydrogen) atoms. The van der Waals surface area contributed by atoms with E-state index in [-0.39, 0.29) is 17.7 Å². The third-order valence-corrected chi connectivity index (χ3v) is 7.73. The van der Waals surface area contributed by atoms with E-state index in [1.165, 1.54) is 25.7 Å². The van der Waals surface area contributed by atoms with Gasteiger partial charge in [0.15, 0.2) is 5.65 Å². The summed E-state index contributed by atoms with van der Waals surface area (Å²) in [6.07, 6.45) is 4.92. The SMILES string of the molecule is Cc1cccc(-c2nc(-c3noc(=O)[nH]3)nc3nc(N4CCOC[C@@H]4C)n(C[C@H]4CC[C@H](C)CC4)c23)c1. The van der Waals surface area contributed by atoms with Crippen LogP contribution in [0.2, 0.25) is 0 Å². The van der Waals surface area contributed by atoms with Crippen LogP contribution in [0.4, 0.5) is 5.95 Å². The minimum absolute atomic E-state index is 0.192. The zero-order chi connectivity index (χ0) is 25.5. The van der Waals surface area contributed by atoms with Gasteiger partial charge in [-0.3, -0.25) is 9.51 Å². The van der Waals surface area contributed by atoms with Crippen molar-refractivity contribution in [3.8, 4) is 22.9 Å². The lowest BCUT2D eigenvalue weighted by Crippen LogP contribution is -2.45. The smallest absolute Gasteiger partial charge is 0.377 e. The highest BCUT2D eigenvalue weighted by atomic mass is 16.5. The molecule has 4 heterocycles. The Balaban J connectivity index is 1.58. The van der Waals surface area contributed by atoms with Crippen LogP contribution in [0.5, 0.6) is 0 Å². The molecule has 10 heteroatoms. The van der Waals surface area contributed by atoms with Gasteiger partial charge in [-0.1, -0.05) is 48.7 Å². The Labute approximate surface area is 215 Å². The number of rotatable bonds is 5. The number of imidazole rings is 1. The summed E-state index contributed by atoms with van der Waals surface area (Å²) in [5, 5.41) is 3.85. The number of anilines is 1. The Kier molecular flexibility index (Phi) is 6.27. The molecule has 1 aliphatic carbocycles. The molecule has 1 atom stereocenters. The number of aryl methyl sites for hydroxylation is 1. The molecule has 0 unspecified atom stereocenters. The van der Waals surface area contributed by atoms with E-state index in [2.05, 4.69) is 58.6 Å². The summed E-state index contributed by atoms with van der Waals surface area (Å²) in [5.41, 5.74) is 4.38. The van der Waals surface area contributed by atoms with Crippen LogP contribution < -0.4 is 10.7 Å². The molecule has 1 aromatic carbocycles. The first kappa shape index (κ1) is 23.8. The monoisotopic (exact) mass is 503 g/mol. The van der Waals surface area contributed by atoms with E-state index >= 15 is 0 Å². The van der Waals surface area contributed by atoms with Crippen molar-refractivity contribution in [3.63, 3.8) is 0 Å². The van der Waals surface area contributed by atoms with Crippen LogP contribution in [0.15, 0.2) is 33.6 Å². The number of benzene rings is 1. The van der Waals surface area contributed by atoms with E-state index in [1.807, 2.05) is 6.07 Å². The van der Waals surface area contributed by atoms with Gasteiger partial charge < -0.3 is 14.2 Å². The second-order valence-corrected chi connectivity index (χ2v) is 10.6. The molecule has 3 aromatic heterocycles. The van der Waals surface area contributed by atoms with Gasteiger partial charge in [-0.05, 0) is 44.6 Å². The fourth-order valence-corrected chi connectivity index (χ4v) is 5.64. The first-order chi connectivity index (χ1) is 18.0. The molecule has 0 amide bonds. The number of aromatic amines is 1. The molecular formula is C27H33N7O3. The van der Waals surface area contributed by atoms with Crippen molar-refractivity contribution in [2.24, 2.45) is 11.8 Å². The summed E-state index contributed by atoms with van der Waals surface area (Å²) in [6.45, 7) is 9.54. The van der Waals surface area contributed by atoms with E-state index in [4.69, 9.17) is 24.2 Å². The number of fused-ring (bicyclic) bond motifs is 1. The Hall–Kier alpha value is -3.53. The molecule has 1 aliphatic heterocycles. The van der Waals surface area contributed by atoms with Crippen molar-refractivity contribution in [1.82, 2.24) is 29.7 Å². The van der Waals surface area contributed by atoms with Gasteiger partial charge in [-0.15, -0.1) is 0 Å². The number of morpholine rings is 1. The van der Waals surface area contributed by atoms with Gasteiger partial charge in [-0.25, -0.2) is 14.8 Å². The Morgan fingerprint density at radius 3 is 2.68 bits per heavy atom. The average molecular weight is 504 g/mol. The predicted octanol–water partition coefficient (Wildman–Crippen LogP) is 4.20. The fraction of sp³-hybridized carbons (Fsp3) is 0.519. The second kappa shape index (κ2) is 9.74. The predicted molar refractivity (Wildman–Crippen MR) is 140 cm³/mol. The van der Waals surface area contributed by atoms with Gasteiger partial charge in [0.2, 0.25) is 17.6 Å². The second-order valence-electron chi connectivity index (χ2n) is 10.6. The molecule has 10 nitrogen and oxygen atoms in total. The molecule has 4 aromatic rings. The maximum absolute atomic E-state index is 11.7. The van der Waals surface area contributed by atoms with Crippen molar-refractivity contribution >= 4 is 17.1 Å². The molecule has 1 N–H and O–H groups in total. The normalized spacial score (nSPS) is 22.6. The molecular weight excluding hydrogens is 470 g/mol. The van der Waals surface area contributed by atoms with E-state index in [1.54, 1.807) is 0 Å². The number of H-pyrrole nitrogens is 1. The van der Waals surface area contributed by atoms with Gasteiger partial charge in [0.05, 0.1) is 19.3 Å². The zero-order valence-electron chi connectivity index (χ0n) is 21.6. The van der Waals surface area contributed by atoms with Crippen LogP contribution in [0.3, 0.4) is 0 Å². The minimum atomic E-state index is -0.643. The number of hydrogen-bond acceptors (Lipinski definition) is 8. The van der Waals surface area contributed by atoms with Crippen molar-refractivity contribution in [2.45, 2.75) is 59.0 Å². The number of nitrogens with one attached hydrogen (secondary N) is 1. The summed E-state index contributed by atoms with van der Waals surface area (Å²) < 4.78 is 12.8. The van der Waals surface area contributed by atoms with Crippen molar-refractivity contribution in [3.05, 3.63) is 40.4 Å². The van der Waals surface area contributed by atoms with Crippen LogP contribution in [-0.4, -0.2) is 55.5 Å². The average Bonchev–Trinajstić information content (AvgIpc) is 3.49. The highest BCUT2D eigenvalue weighted by Gasteiger charge is 2.30. The van der Waals surface area contributed by atoms with Crippen LogP contribution >= 0.6 is 0 Å². The van der Waals surface area contributed by atoms with Crippen molar-refractivity contribution < 1.29 is 9.26 Å². The van der Waals surface area contributed by atoms with Crippen LogP contribution in [0.1, 0.15) is 45.1 Å². The van der Waals surface area contributed by atoms with Gasteiger partial charge in [0.25, 0.3) is 0 Å². The van der Waals surface area contributed by atoms with Gasteiger partial charge in [-0.2, -0.15) is 4.98 Å². The van der Waals surface area contributed by atoms with E-state index in [0.717, 1.165) is 47.3 Å². The fourth-order valence-electron chi connectivity index (χ4n) is 5.64. The number of aromatic nitrogens is 6. The summed E-state index contributed by atoms with van der Waals surface area (Å²) in [7, 11) is 0. The van der Waals surface area contributed by atoms with Crippen LogP contribution in [0.25, 0.3) is 34.1 Å². The molecule has 194 valence electrons. The first-order valence-corrected chi connectivity index (χ1v) is 13.2. The summed E-state index contributed by atoms with van der Waals surface area (Å²) in [5.74, 6) is 2.09. The maximum Gasteiger partial charge on any atom is 0.439 e. The van der Waals surface area contributed by atoms with Gasteiger partial charge in [0, 0.05) is 18.7 Å². The summed E-state index contributed by atoms with van der Waals surface area (Å²) in [6, 6.07) is 8.47. The van der Waals surface area contributed by atoms with Crippen LogP contribution in [0, 0.1) is 18.8 Å². The van der Waals surface area contributed by atoms with Gasteiger partial charge >= 0.3 is 5.76 Å². The third kappa shape index (κ3) is 4.66. The Morgan fingerprint density at radius 2 is 1.95 bits per heavy atom. The molecule has 0 bridgehead atoms. The van der Waals surface area contributed by atoms with E-state index in [0.29, 0.717) is 24.8 Å². The number of ether oxygens (including phenoxy) is 1. The lowest BCUT2D eigenvalue weighted by Gasteiger charge is -2.35. The molecule has 2 fully saturated rings. The number of hydrogen-bond donors (Lipinski definition) is 1. The largest absolute Gasteiger partial charge is 0.439 e. The van der Waals surface area contributed by atoms with E-state index < -0.39 is 5.76 Å². The lowest BCUT2D eigenvalue weighted by molar-refractivity contribution is 0.0976. The molecule has 1 saturated carbocycles. The van der Waals surface area contributed by atoms with Gasteiger partial charge in [0.1, 0.15) is 11.2 Å². The quantitative estimate of drug-likeness (QED) is 0.431. The lowest BCUT2D eigenvalue weighted by atomic mass is 9.83. The highest BCUT2D eigenvalue weighted by molar-refractivity contribution is 5.91. The third-order valence-electron chi connectivity index (χ3n) is 7.73. The first-order valence-electron chi connectivity index (χ1n) is 13.2. The zero-order valence-corrected chi connectivity index (χ0v) is 21.6. The topological polar surface area (TPSA) is 115 Å². The molecule has 0 radical (unpaired) electrons. The molecule has 1 saturated heterocycles. The molecule has 0 spiro atoms. The van der Waals surface area contributed by atoms with Crippen molar-refractivity contribution in [1.29, 1.82) is 0 Å². The molecule has 2 aliphatic rings. The maximum atomic E-state index is 11.7. The highest BCUT2D eigenvalue weighted by Crippen LogP contribution is 2.36. The van der Waals surface area contributed by atoms with E-state index in [9.17, 15) is 4.79 Å². The Bertz CT molecular complexity index is 1460. The summed E-state index contributed by atoms with van der Waals surface area (Å²) >= 11 is 0. The van der Waals surface area contributed by atoms with Crippen molar-refractivity contribution in [2.75, 3.05) is 24.7 Å². The Morgan fingerprint density at radius 1 is 1.11 bits per heavy atom. The summed E-state index contributed by atoms with van der Waals surface area (Å²) in [4.78, 5) is 31.4. The van der Waals surface area contributed by atoms with Crippen LogP contribution in [-0.2, 0) is 11.3 Å². The molecule has 6 rings (SSSR count).